The Bertz CT molecular complexity index is 659. The first-order valence-corrected chi connectivity index (χ1v) is 18.9. The van der Waals surface area contributed by atoms with E-state index in [0.717, 1.165) is 12.8 Å². The molecule has 0 radical (unpaired) electrons. The normalized spacial score (nSPS) is 22.2. The number of hydrogen-bond acceptors (Lipinski definition) is 10. The van der Waals surface area contributed by atoms with Crippen LogP contribution >= 0.6 is 59.7 Å². The molecule has 0 bridgehead atoms. The van der Waals surface area contributed by atoms with Crippen LogP contribution in [0.3, 0.4) is 0 Å². The molecule has 0 saturated carbocycles. The molecule has 0 spiro atoms. The van der Waals surface area contributed by atoms with Crippen molar-refractivity contribution in [2.24, 2.45) is 0 Å². The molecule has 8 nitrogen and oxygen atoms in total. The van der Waals surface area contributed by atoms with Crippen molar-refractivity contribution in [3.05, 3.63) is 0 Å². The van der Waals surface area contributed by atoms with Gasteiger partial charge in [0.15, 0.2) is 0 Å². The first-order chi connectivity index (χ1) is 15.1. The molecule has 0 aromatic carbocycles. The Kier molecular flexibility index (Phi) is 14.4. The molecule has 0 aliphatic carbocycles. The van der Waals surface area contributed by atoms with E-state index in [0.29, 0.717) is 37.8 Å². The molecule has 2 amide bonds. The van der Waals surface area contributed by atoms with Crippen LogP contribution in [0.25, 0.3) is 0 Å². The highest BCUT2D eigenvalue weighted by molar-refractivity contribution is 8.56. The van der Waals surface area contributed by atoms with Crippen molar-refractivity contribution in [2.75, 3.05) is 37.8 Å². The number of rotatable bonds is 12. The van der Waals surface area contributed by atoms with Crippen molar-refractivity contribution in [2.45, 2.75) is 64.9 Å². The van der Waals surface area contributed by atoms with Gasteiger partial charge in [-0.25, -0.2) is 0 Å². The first-order valence-electron chi connectivity index (χ1n) is 10.8. The van der Waals surface area contributed by atoms with E-state index in [1.54, 1.807) is 13.8 Å². The highest BCUT2D eigenvalue weighted by Crippen LogP contribution is 2.66. The molecule has 188 valence electrons. The monoisotopic (exact) mass is 566 g/mol. The lowest BCUT2D eigenvalue weighted by molar-refractivity contribution is 0.239. The van der Waals surface area contributed by atoms with Crippen molar-refractivity contribution in [1.29, 1.82) is 0 Å². The number of hydrogen-bond donors (Lipinski definition) is 0. The minimum Gasteiger partial charge on any atom is -0.306 e. The molecular formula is C18H36N2O6P2S4. The lowest BCUT2D eigenvalue weighted by atomic mass is 10.4. The molecule has 2 heterocycles. The molecule has 2 aliphatic rings. The van der Waals surface area contributed by atoms with Gasteiger partial charge in [0.05, 0.1) is 13.2 Å². The van der Waals surface area contributed by atoms with Crippen molar-refractivity contribution in [3.8, 4) is 0 Å². The Morgan fingerprint density at radius 1 is 0.812 bits per heavy atom. The van der Waals surface area contributed by atoms with Gasteiger partial charge >= 0.3 is 13.4 Å². The second kappa shape index (κ2) is 15.0. The van der Waals surface area contributed by atoms with Crippen LogP contribution in [0.1, 0.15) is 54.4 Å². The van der Waals surface area contributed by atoms with Crippen LogP contribution in [0.5, 0.6) is 0 Å². The first kappa shape index (κ1) is 30.8. The molecule has 2 aliphatic heterocycles. The van der Waals surface area contributed by atoms with Gasteiger partial charge in [-0.1, -0.05) is 51.2 Å². The standard InChI is InChI=1S/2C9H18NO3PS2/c2*1-4-8(3)16-14(12,13-5-2)10-6-7-15-9(10)11/h2*8H,4-7H2,1-3H3. The molecule has 2 fully saturated rings. The molecule has 0 aromatic rings. The zero-order valence-corrected chi connectivity index (χ0v) is 24.7. The third-order valence-corrected chi connectivity index (χ3v) is 17.0. The maximum Gasteiger partial charge on any atom is 0.356 e. The molecular weight excluding hydrogens is 530 g/mol. The van der Waals surface area contributed by atoms with E-state index in [1.807, 2.05) is 27.7 Å². The van der Waals surface area contributed by atoms with Gasteiger partial charge in [0.25, 0.3) is 10.5 Å². The molecule has 4 atom stereocenters. The third-order valence-electron chi connectivity index (χ3n) is 4.43. The molecule has 2 rings (SSSR count). The number of nitrogens with zero attached hydrogens (tertiary/aromatic N) is 2. The highest BCUT2D eigenvalue weighted by Gasteiger charge is 2.41. The third kappa shape index (κ3) is 9.06. The molecule has 32 heavy (non-hydrogen) atoms. The summed E-state index contributed by atoms with van der Waals surface area (Å²) in [4.78, 5) is 23.2. The molecule has 2 saturated heterocycles. The number of carbonyl (C=O) groups excluding carboxylic acids is 2. The summed E-state index contributed by atoms with van der Waals surface area (Å²) in [5.74, 6) is 1.41. The molecule has 0 aromatic heterocycles. The Hall–Kier alpha value is 0.720. The van der Waals surface area contributed by atoms with Crippen molar-refractivity contribution in [3.63, 3.8) is 0 Å². The van der Waals surface area contributed by atoms with Crippen LogP contribution in [0.4, 0.5) is 9.59 Å². The smallest absolute Gasteiger partial charge is 0.306 e. The van der Waals surface area contributed by atoms with Gasteiger partial charge in [0.2, 0.25) is 0 Å². The average molecular weight is 567 g/mol. The van der Waals surface area contributed by atoms with Gasteiger partial charge in [0.1, 0.15) is 0 Å². The van der Waals surface area contributed by atoms with Crippen LogP contribution < -0.4 is 0 Å². The van der Waals surface area contributed by atoms with Crippen molar-refractivity contribution < 1.29 is 27.8 Å². The summed E-state index contributed by atoms with van der Waals surface area (Å²) < 4.78 is 38.8. The van der Waals surface area contributed by atoms with E-state index >= 15 is 0 Å². The zero-order chi connectivity index (χ0) is 24.4. The summed E-state index contributed by atoms with van der Waals surface area (Å²) in [7, 11) is 0. The molecule has 0 N–H and O–H groups in total. The van der Waals surface area contributed by atoms with Crippen molar-refractivity contribution in [1.82, 2.24) is 9.34 Å². The largest absolute Gasteiger partial charge is 0.356 e. The van der Waals surface area contributed by atoms with Gasteiger partial charge in [-0.3, -0.25) is 28.1 Å². The van der Waals surface area contributed by atoms with Crippen LogP contribution in [0.2, 0.25) is 0 Å². The van der Waals surface area contributed by atoms with Gasteiger partial charge in [-0.15, -0.1) is 0 Å². The van der Waals surface area contributed by atoms with E-state index in [-0.39, 0.29) is 21.0 Å². The minimum absolute atomic E-state index is 0.118. The van der Waals surface area contributed by atoms with Gasteiger partial charge in [-0.05, 0) is 49.5 Å². The van der Waals surface area contributed by atoms with Gasteiger partial charge < -0.3 is 9.05 Å². The van der Waals surface area contributed by atoms with E-state index in [4.69, 9.17) is 9.05 Å². The van der Waals surface area contributed by atoms with Crippen LogP contribution in [-0.2, 0) is 18.2 Å². The summed E-state index contributed by atoms with van der Waals surface area (Å²) in [5.41, 5.74) is 0. The van der Waals surface area contributed by atoms with Crippen molar-refractivity contribution >= 4 is 70.2 Å². The summed E-state index contributed by atoms with van der Waals surface area (Å²) in [6.07, 6.45) is 1.83. The SMILES string of the molecule is CCOP(=O)(SC(C)CC)N1CCSC1=O.CCOP(=O)(SC(C)CC)N1CCSC1=O. The van der Waals surface area contributed by atoms with Gasteiger partial charge in [0, 0.05) is 35.1 Å². The predicted molar refractivity (Wildman–Crippen MR) is 142 cm³/mol. The fourth-order valence-electron chi connectivity index (χ4n) is 2.46. The maximum atomic E-state index is 12.6. The Labute approximate surface area is 209 Å². The Morgan fingerprint density at radius 2 is 1.16 bits per heavy atom. The van der Waals surface area contributed by atoms with E-state index in [2.05, 4.69) is 0 Å². The Balaban J connectivity index is 0.000000320. The summed E-state index contributed by atoms with van der Waals surface area (Å²) >= 11 is 5.02. The van der Waals surface area contributed by atoms with Crippen LogP contribution in [0.15, 0.2) is 0 Å². The zero-order valence-electron chi connectivity index (χ0n) is 19.7. The predicted octanol–water partition coefficient (Wildman–Crippen LogP) is 7.66. The summed E-state index contributed by atoms with van der Waals surface area (Å²) in [6, 6.07) is 0. The fraction of sp³-hybridized carbons (Fsp3) is 0.889. The summed E-state index contributed by atoms with van der Waals surface area (Å²) in [5, 5.41) is 0.228. The lowest BCUT2D eigenvalue weighted by Gasteiger charge is -2.27. The number of amides is 2. The van der Waals surface area contributed by atoms with Crippen LogP contribution in [-0.4, -0.2) is 68.1 Å². The minimum atomic E-state index is -3.02. The Morgan fingerprint density at radius 3 is 1.38 bits per heavy atom. The van der Waals surface area contributed by atoms with E-state index < -0.39 is 13.4 Å². The molecule has 14 heteroatoms. The quantitative estimate of drug-likeness (QED) is 0.219. The highest BCUT2D eigenvalue weighted by atomic mass is 32.7. The van der Waals surface area contributed by atoms with E-state index in [9.17, 15) is 18.7 Å². The summed E-state index contributed by atoms with van der Waals surface area (Å²) in [6.45, 7) is 7.46. The number of thioether (sulfide) groups is 2. The fourth-order valence-corrected chi connectivity index (χ4v) is 15.2. The lowest BCUT2D eigenvalue weighted by Crippen LogP contribution is -2.20. The second-order valence-corrected chi connectivity index (χ2v) is 18.4. The maximum absolute atomic E-state index is 12.6. The van der Waals surface area contributed by atoms with Gasteiger partial charge in [-0.2, -0.15) is 0 Å². The topological polar surface area (TPSA) is 93.2 Å². The molecule has 4 unspecified atom stereocenters. The number of carbonyl (C=O) groups is 2. The van der Waals surface area contributed by atoms with Crippen LogP contribution in [0, 0.1) is 0 Å². The average Bonchev–Trinajstić information content (AvgIpc) is 3.37. The second-order valence-electron chi connectivity index (χ2n) is 6.90. The van der Waals surface area contributed by atoms with E-state index in [1.165, 1.54) is 55.6 Å².